The molecular formula is C8H10N2O2S. The molecule has 2 N–H and O–H groups in total. The van der Waals surface area contributed by atoms with Crippen molar-refractivity contribution in [2.24, 2.45) is 5.14 Å². The number of hydrogen-bond donors (Lipinski definition) is 1. The minimum Gasteiger partial charge on any atom is -0.243 e. The molecule has 0 saturated heterocycles. The number of aromatic nitrogens is 1. The van der Waals surface area contributed by atoms with Crippen molar-refractivity contribution in [3.63, 3.8) is 0 Å². The predicted molar refractivity (Wildman–Crippen MR) is 49.5 cm³/mol. The summed E-state index contributed by atoms with van der Waals surface area (Å²) < 4.78 is 22.0. The van der Waals surface area contributed by atoms with E-state index in [-0.39, 0.29) is 5.03 Å². The van der Waals surface area contributed by atoms with Crippen molar-refractivity contribution >= 4 is 10.0 Å². The average molecular weight is 198 g/mol. The zero-order chi connectivity index (χ0) is 9.90. The molecule has 0 radical (unpaired) electrons. The van der Waals surface area contributed by atoms with Gasteiger partial charge in [0.25, 0.3) is 10.0 Å². The Labute approximate surface area is 77.2 Å². The van der Waals surface area contributed by atoms with Crippen LogP contribution in [0.5, 0.6) is 0 Å². The largest absolute Gasteiger partial charge is 0.255 e. The van der Waals surface area contributed by atoms with Crippen LogP contribution < -0.4 is 5.14 Å². The van der Waals surface area contributed by atoms with Gasteiger partial charge in [0.2, 0.25) is 0 Å². The normalized spacial score (nSPS) is 11.2. The Bertz CT molecular complexity index is 412. The van der Waals surface area contributed by atoms with E-state index in [0.29, 0.717) is 12.0 Å². The second-order valence-corrected chi connectivity index (χ2v) is 3.98. The highest BCUT2D eigenvalue weighted by Crippen LogP contribution is 2.10. The number of nitrogens with two attached hydrogens (primary N) is 1. The van der Waals surface area contributed by atoms with E-state index in [0.717, 1.165) is 0 Å². The van der Waals surface area contributed by atoms with Gasteiger partial charge in [-0.2, -0.15) is 0 Å². The van der Waals surface area contributed by atoms with Crippen LogP contribution in [0.15, 0.2) is 36.0 Å². The molecule has 0 unspecified atom stereocenters. The fraction of sp³-hybridized carbons (Fsp3) is 0.125. The molecule has 0 aromatic carbocycles. The van der Waals surface area contributed by atoms with Gasteiger partial charge in [-0.05, 0) is 18.1 Å². The van der Waals surface area contributed by atoms with E-state index in [9.17, 15) is 8.42 Å². The zero-order valence-electron chi connectivity index (χ0n) is 6.97. The first-order valence-corrected chi connectivity index (χ1v) is 5.18. The smallest absolute Gasteiger partial charge is 0.243 e. The van der Waals surface area contributed by atoms with E-state index in [2.05, 4.69) is 11.6 Å². The van der Waals surface area contributed by atoms with E-state index < -0.39 is 10.0 Å². The lowest BCUT2D eigenvalue weighted by Crippen LogP contribution is -2.16. The van der Waals surface area contributed by atoms with E-state index in [1.54, 1.807) is 18.2 Å². The summed E-state index contributed by atoms with van der Waals surface area (Å²) in [5.74, 6) is 0. The molecular weight excluding hydrogens is 188 g/mol. The van der Waals surface area contributed by atoms with Gasteiger partial charge in [0.05, 0.1) is 0 Å². The highest BCUT2D eigenvalue weighted by Gasteiger charge is 2.13. The van der Waals surface area contributed by atoms with Crippen LogP contribution in [0.2, 0.25) is 0 Å². The van der Waals surface area contributed by atoms with Crippen molar-refractivity contribution in [3.8, 4) is 0 Å². The fourth-order valence-corrected chi connectivity index (χ4v) is 1.72. The summed E-state index contributed by atoms with van der Waals surface area (Å²) >= 11 is 0. The Hall–Kier alpha value is -1.20. The molecule has 13 heavy (non-hydrogen) atoms. The lowest BCUT2D eigenvalue weighted by molar-refractivity contribution is 0.593. The number of allylic oxidation sites excluding steroid dienone is 1. The molecule has 1 aromatic heterocycles. The minimum atomic E-state index is -3.71. The van der Waals surface area contributed by atoms with Crippen molar-refractivity contribution in [3.05, 3.63) is 36.5 Å². The number of nitrogens with zero attached hydrogens (tertiary/aromatic N) is 1. The van der Waals surface area contributed by atoms with E-state index in [1.165, 1.54) is 6.20 Å². The molecule has 0 spiro atoms. The molecule has 0 atom stereocenters. The maximum absolute atomic E-state index is 11.0. The van der Waals surface area contributed by atoms with Crippen LogP contribution in [0.25, 0.3) is 0 Å². The Morgan fingerprint density at radius 2 is 2.31 bits per heavy atom. The lowest BCUT2D eigenvalue weighted by atomic mass is 10.2. The summed E-state index contributed by atoms with van der Waals surface area (Å²) in [6.07, 6.45) is 3.44. The summed E-state index contributed by atoms with van der Waals surface area (Å²) in [5.41, 5.74) is 0.569. The average Bonchev–Trinajstić information content (AvgIpc) is 2.04. The van der Waals surface area contributed by atoms with Gasteiger partial charge in [-0.15, -0.1) is 6.58 Å². The molecule has 0 aliphatic carbocycles. The molecule has 0 fully saturated rings. The minimum absolute atomic E-state index is 0.0742. The lowest BCUT2D eigenvalue weighted by Gasteiger charge is -2.02. The third-order valence-electron chi connectivity index (χ3n) is 1.48. The summed E-state index contributed by atoms with van der Waals surface area (Å²) in [6, 6.07) is 3.32. The van der Waals surface area contributed by atoms with E-state index in [4.69, 9.17) is 5.14 Å². The molecule has 1 aromatic rings. The zero-order valence-corrected chi connectivity index (χ0v) is 7.79. The molecule has 0 saturated carbocycles. The first-order valence-electron chi connectivity index (χ1n) is 3.63. The topological polar surface area (TPSA) is 73.0 Å². The maximum atomic E-state index is 11.0. The first-order chi connectivity index (χ1) is 6.05. The number of sulfonamides is 1. The van der Waals surface area contributed by atoms with Crippen molar-refractivity contribution in [1.29, 1.82) is 0 Å². The van der Waals surface area contributed by atoms with Crippen molar-refractivity contribution in [1.82, 2.24) is 4.98 Å². The highest BCUT2D eigenvalue weighted by atomic mass is 32.2. The summed E-state index contributed by atoms with van der Waals surface area (Å²) in [4.78, 5) is 3.71. The fourth-order valence-electron chi connectivity index (χ4n) is 0.991. The number of primary sulfonamides is 1. The standard InChI is InChI=1S/C8H10N2O2S/c1-2-4-7-5-3-6-10-8(7)13(9,11)12/h2-3,5-6H,1,4H2,(H2,9,11,12). The highest BCUT2D eigenvalue weighted by molar-refractivity contribution is 7.89. The van der Waals surface area contributed by atoms with Crippen LogP contribution in [-0.4, -0.2) is 13.4 Å². The van der Waals surface area contributed by atoms with Gasteiger partial charge in [0, 0.05) is 6.20 Å². The Balaban J connectivity index is 3.28. The van der Waals surface area contributed by atoms with Crippen LogP contribution in [-0.2, 0) is 16.4 Å². The predicted octanol–water partition coefficient (Wildman–Crippen LogP) is 0.458. The summed E-state index contributed by atoms with van der Waals surface area (Å²) in [7, 11) is -3.71. The SMILES string of the molecule is C=CCc1cccnc1S(N)(=O)=O. The van der Waals surface area contributed by atoms with E-state index >= 15 is 0 Å². The van der Waals surface area contributed by atoms with Crippen LogP contribution >= 0.6 is 0 Å². The second kappa shape index (κ2) is 3.68. The third kappa shape index (κ3) is 2.37. The van der Waals surface area contributed by atoms with Crippen LogP contribution in [0, 0.1) is 0 Å². The molecule has 0 bridgehead atoms. The number of pyridine rings is 1. The van der Waals surface area contributed by atoms with Crippen molar-refractivity contribution < 1.29 is 8.42 Å². The van der Waals surface area contributed by atoms with Gasteiger partial charge in [-0.25, -0.2) is 18.5 Å². The van der Waals surface area contributed by atoms with Gasteiger partial charge < -0.3 is 0 Å². The molecule has 1 rings (SSSR count). The van der Waals surface area contributed by atoms with Gasteiger partial charge in [0.15, 0.2) is 5.03 Å². The van der Waals surface area contributed by atoms with Gasteiger partial charge in [-0.3, -0.25) is 0 Å². The van der Waals surface area contributed by atoms with Gasteiger partial charge in [-0.1, -0.05) is 12.1 Å². The van der Waals surface area contributed by atoms with Gasteiger partial charge >= 0.3 is 0 Å². The van der Waals surface area contributed by atoms with Crippen LogP contribution in [0.4, 0.5) is 0 Å². The maximum Gasteiger partial charge on any atom is 0.255 e. The van der Waals surface area contributed by atoms with Crippen LogP contribution in [0.3, 0.4) is 0 Å². The quantitative estimate of drug-likeness (QED) is 0.717. The molecule has 5 heteroatoms. The van der Waals surface area contributed by atoms with E-state index in [1.807, 2.05) is 0 Å². The third-order valence-corrected chi connectivity index (χ3v) is 2.39. The summed E-state index contributed by atoms with van der Waals surface area (Å²) in [5, 5.41) is 4.89. The second-order valence-electron chi connectivity index (χ2n) is 2.51. The van der Waals surface area contributed by atoms with Crippen molar-refractivity contribution in [2.75, 3.05) is 0 Å². The van der Waals surface area contributed by atoms with Crippen molar-refractivity contribution in [2.45, 2.75) is 11.4 Å². The van der Waals surface area contributed by atoms with Crippen LogP contribution in [0.1, 0.15) is 5.56 Å². The Kier molecular flexibility index (Phi) is 2.79. The molecule has 0 aliphatic heterocycles. The monoisotopic (exact) mass is 198 g/mol. The summed E-state index contributed by atoms with van der Waals surface area (Å²) in [6.45, 7) is 3.52. The molecule has 0 amide bonds. The number of hydrogen-bond acceptors (Lipinski definition) is 3. The molecule has 1 heterocycles. The Morgan fingerprint density at radius 1 is 1.62 bits per heavy atom. The Morgan fingerprint density at radius 3 is 2.85 bits per heavy atom. The molecule has 4 nitrogen and oxygen atoms in total. The molecule has 70 valence electrons. The first kappa shape index (κ1) is 9.88. The van der Waals surface area contributed by atoms with Gasteiger partial charge in [0.1, 0.15) is 0 Å². The molecule has 0 aliphatic rings. The number of rotatable bonds is 3.